The van der Waals surface area contributed by atoms with Gasteiger partial charge in [0, 0.05) is 37.8 Å². The molecule has 5 nitrogen and oxygen atoms in total. The van der Waals surface area contributed by atoms with Crippen LogP contribution in [0.1, 0.15) is 114 Å². The van der Waals surface area contributed by atoms with Gasteiger partial charge in [0.05, 0.1) is 5.69 Å². The maximum atomic E-state index is 5.18. The zero-order chi connectivity index (χ0) is 22.7. The molecule has 3 heterocycles. The van der Waals surface area contributed by atoms with Crippen LogP contribution in [0.3, 0.4) is 0 Å². The lowest BCUT2D eigenvalue weighted by Crippen LogP contribution is -2.30. The third kappa shape index (κ3) is 7.56. The maximum absolute atomic E-state index is 5.18. The molecule has 2 saturated heterocycles. The highest BCUT2D eigenvalue weighted by Crippen LogP contribution is 2.30. The van der Waals surface area contributed by atoms with Crippen LogP contribution in [0.5, 0.6) is 0 Å². The van der Waals surface area contributed by atoms with Crippen LogP contribution in [-0.2, 0) is 12.8 Å². The molecule has 0 saturated carbocycles. The predicted octanol–water partition coefficient (Wildman–Crippen LogP) is 6.36. The van der Waals surface area contributed by atoms with Crippen LogP contribution >= 0.6 is 0 Å². The zero-order valence-corrected chi connectivity index (χ0v) is 21.4. The number of unbranched alkanes of at least 4 members (excludes halogenated alkanes) is 6. The molecule has 0 amide bonds. The van der Waals surface area contributed by atoms with Crippen molar-refractivity contribution in [2.24, 2.45) is 0 Å². The van der Waals surface area contributed by atoms with Crippen LogP contribution < -0.4 is 10.2 Å². The first-order chi connectivity index (χ1) is 16.3. The summed E-state index contributed by atoms with van der Waals surface area (Å²) in [4.78, 5) is 15.5. The second-order valence-electron chi connectivity index (χ2n) is 10.8. The first-order valence-electron chi connectivity index (χ1n) is 14.5. The molecule has 5 heteroatoms. The van der Waals surface area contributed by atoms with Crippen molar-refractivity contribution in [3.05, 3.63) is 11.3 Å². The van der Waals surface area contributed by atoms with Crippen LogP contribution in [0.15, 0.2) is 0 Å². The number of rotatable bonds is 11. The summed E-state index contributed by atoms with van der Waals surface area (Å²) in [5, 5.41) is 3.77. The number of anilines is 2. The summed E-state index contributed by atoms with van der Waals surface area (Å²) in [6.45, 7) is 8.25. The highest BCUT2D eigenvalue weighted by molar-refractivity contribution is 5.53. The van der Waals surface area contributed by atoms with E-state index in [0.717, 1.165) is 25.3 Å². The maximum Gasteiger partial charge on any atom is 0.225 e. The highest BCUT2D eigenvalue weighted by atomic mass is 15.3. The molecule has 186 valence electrons. The first-order valence-corrected chi connectivity index (χ1v) is 14.5. The topological polar surface area (TPSA) is 44.3 Å². The number of nitrogens with one attached hydrogen (secondary N) is 1. The minimum absolute atomic E-state index is 0.496. The number of nitrogens with zero attached hydrogens (tertiary/aromatic N) is 4. The number of aryl methyl sites for hydroxylation is 1. The number of fused-ring (bicyclic) bond motifs is 1. The quantitative estimate of drug-likeness (QED) is 0.310. The largest absolute Gasteiger partial charge is 0.356 e. The molecule has 1 aromatic rings. The summed E-state index contributed by atoms with van der Waals surface area (Å²) < 4.78 is 0. The molecule has 1 aliphatic carbocycles. The third-order valence-electron chi connectivity index (χ3n) is 8.00. The van der Waals surface area contributed by atoms with Crippen LogP contribution in [0.4, 0.5) is 11.8 Å². The summed E-state index contributed by atoms with van der Waals surface area (Å²) in [6, 6.07) is 0.496. The van der Waals surface area contributed by atoms with Crippen molar-refractivity contribution in [1.82, 2.24) is 14.9 Å². The van der Waals surface area contributed by atoms with Gasteiger partial charge in [0.25, 0.3) is 0 Å². The van der Waals surface area contributed by atoms with Gasteiger partial charge >= 0.3 is 0 Å². The molecular weight excluding hydrogens is 406 g/mol. The molecular formula is C28H49N5. The van der Waals surface area contributed by atoms with Gasteiger partial charge in [-0.05, 0) is 57.9 Å². The van der Waals surface area contributed by atoms with Crippen molar-refractivity contribution >= 4 is 11.8 Å². The lowest BCUT2D eigenvalue weighted by molar-refractivity contribution is 0.325. The Morgan fingerprint density at radius 2 is 1.52 bits per heavy atom. The van der Waals surface area contributed by atoms with Crippen LogP contribution in [0.25, 0.3) is 0 Å². The monoisotopic (exact) mass is 455 g/mol. The lowest BCUT2D eigenvalue weighted by atomic mass is 10.1. The fourth-order valence-corrected chi connectivity index (χ4v) is 5.99. The Kier molecular flexibility index (Phi) is 10.1. The Hall–Kier alpha value is -1.36. The smallest absolute Gasteiger partial charge is 0.225 e. The summed E-state index contributed by atoms with van der Waals surface area (Å²) in [6.07, 6.45) is 22.5. The van der Waals surface area contributed by atoms with Gasteiger partial charge in [-0.3, -0.25) is 0 Å². The van der Waals surface area contributed by atoms with Crippen molar-refractivity contribution in [1.29, 1.82) is 0 Å². The third-order valence-corrected chi connectivity index (χ3v) is 8.00. The van der Waals surface area contributed by atoms with E-state index in [2.05, 4.69) is 22.0 Å². The SMILES string of the molecule is CCCCCCCCCN1CCC(Nc2nc3c(c(N4CCCCCC4)n2)CCCCC3)C1. The molecule has 1 N–H and O–H groups in total. The van der Waals surface area contributed by atoms with Gasteiger partial charge in [-0.25, -0.2) is 4.98 Å². The standard InChI is InChI=1S/C28H49N5/c1-2-3-4-5-6-7-13-19-32-22-18-24(23-32)29-28-30-26-17-12-10-11-16-25(26)27(31-28)33-20-14-8-9-15-21-33/h24H,2-23H2,1H3,(H,29,30,31). The number of hydrogen-bond donors (Lipinski definition) is 1. The van der Waals surface area contributed by atoms with Crippen molar-refractivity contribution in [2.75, 3.05) is 42.9 Å². The molecule has 33 heavy (non-hydrogen) atoms. The van der Waals surface area contributed by atoms with E-state index in [-0.39, 0.29) is 0 Å². The normalized spacial score (nSPS) is 22.1. The second kappa shape index (κ2) is 13.5. The number of aromatic nitrogens is 2. The van der Waals surface area contributed by atoms with Crippen LogP contribution in [0.2, 0.25) is 0 Å². The number of likely N-dealkylation sites (tertiary alicyclic amines) is 1. The predicted molar refractivity (Wildman–Crippen MR) is 140 cm³/mol. The minimum Gasteiger partial charge on any atom is -0.356 e. The Bertz CT molecular complexity index is 698. The molecule has 1 atom stereocenters. The van der Waals surface area contributed by atoms with Gasteiger partial charge in [0.2, 0.25) is 5.95 Å². The Labute approximate surface area is 203 Å². The summed E-state index contributed by atoms with van der Waals surface area (Å²) in [5.41, 5.74) is 2.80. The van der Waals surface area contributed by atoms with Crippen LogP contribution in [-0.4, -0.2) is 53.6 Å². The van der Waals surface area contributed by atoms with Gasteiger partial charge < -0.3 is 15.1 Å². The lowest BCUT2D eigenvalue weighted by Gasteiger charge is -2.26. The molecule has 0 radical (unpaired) electrons. The number of hydrogen-bond acceptors (Lipinski definition) is 5. The van der Waals surface area contributed by atoms with E-state index < -0.39 is 0 Å². The van der Waals surface area contributed by atoms with E-state index in [1.165, 1.54) is 140 Å². The summed E-state index contributed by atoms with van der Waals surface area (Å²) in [5.74, 6) is 2.17. The fourth-order valence-electron chi connectivity index (χ4n) is 5.99. The van der Waals surface area contributed by atoms with E-state index in [9.17, 15) is 0 Å². The van der Waals surface area contributed by atoms with Crippen LogP contribution in [0, 0.1) is 0 Å². The van der Waals surface area contributed by atoms with Gasteiger partial charge in [-0.15, -0.1) is 0 Å². The molecule has 2 aliphatic heterocycles. The van der Waals surface area contributed by atoms with Gasteiger partial charge in [0.1, 0.15) is 5.82 Å². The fraction of sp³-hybridized carbons (Fsp3) is 0.857. The molecule has 0 spiro atoms. The van der Waals surface area contributed by atoms with E-state index in [1.807, 2.05) is 0 Å². The molecule has 2 fully saturated rings. The first kappa shape index (κ1) is 24.8. The Balaban J connectivity index is 1.32. The molecule has 1 aromatic heterocycles. The van der Waals surface area contributed by atoms with Crippen molar-refractivity contribution in [3.8, 4) is 0 Å². The molecule has 3 aliphatic rings. The Morgan fingerprint density at radius 1 is 0.788 bits per heavy atom. The average molecular weight is 456 g/mol. The van der Waals surface area contributed by atoms with Crippen molar-refractivity contribution in [3.63, 3.8) is 0 Å². The minimum atomic E-state index is 0.496. The molecule has 0 bridgehead atoms. The van der Waals surface area contributed by atoms with E-state index in [1.54, 1.807) is 0 Å². The average Bonchev–Trinajstić information content (AvgIpc) is 3.00. The van der Waals surface area contributed by atoms with Crippen molar-refractivity contribution in [2.45, 2.75) is 122 Å². The van der Waals surface area contributed by atoms with Crippen molar-refractivity contribution < 1.29 is 0 Å². The Morgan fingerprint density at radius 3 is 2.33 bits per heavy atom. The van der Waals surface area contributed by atoms with E-state index in [0.29, 0.717) is 6.04 Å². The van der Waals surface area contributed by atoms with Gasteiger partial charge in [0.15, 0.2) is 0 Å². The van der Waals surface area contributed by atoms with E-state index in [4.69, 9.17) is 9.97 Å². The van der Waals surface area contributed by atoms with Gasteiger partial charge in [-0.2, -0.15) is 4.98 Å². The molecule has 4 rings (SSSR count). The van der Waals surface area contributed by atoms with Gasteiger partial charge in [-0.1, -0.05) is 64.7 Å². The zero-order valence-electron chi connectivity index (χ0n) is 21.4. The summed E-state index contributed by atoms with van der Waals surface area (Å²) in [7, 11) is 0. The molecule has 1 unspecified atom stereocenters. The highest BCUT2D eigenvalue weighted by Gasteiger charge is 2.25. The van der Waals surface area contributed by atoms with E-state index >= 15 is 0 Å². The summed E-state index contributed by atoms with van der Waals surface area (Å²) >= 11 is 0. The second-order valence-corrected chi connectivity index (χ2v) is 10.8. The molecule has 0 aromatic carbocycles.